The highest BCUT2D eigenvalue weighted by Crippen LogP contribution is 2.34. The van der Waals surface area contributed by atoms with E-state index in [1.807, 2.05) is 32.0 Å². The van der Waals surface area contributed by atoms with Gasteiger partial charge in [0.05, 0.1) is 25.1 Å². The molecule has 5 heterocycles. The minimum absolute atomic E-state index is 0.0934. The molecule has 2 aliphatic rings. The smallest absolute Gasteiger partial charge is 0.280 e. The molecule has 0 atom stereocenters. The normalized spacial score (nSPS) is 17.0. The Bertz CT molecular complexity index is 1300. The van der Waals surface area contributed by atoms with E-state index in [0.29, 0.717) is 32.0 Å². The van der Waals surface area contributed by atoms with Crippen LogP contribution in [0.3, 0.4) is 0 Å². The Morgan fingerprint density at radius 1 is 1.11 bits per heavy atom. The van der Waals surface area contributed by atoms with Crippen LogP contribution in [-0.4, -0.2) is 65.8 Å². The van der Waals surface area contributed by atoms with Crippen LogP contribution < -0.4 is 20.9 Å². The van der Waals surface area contributed by atoms with Crippen molar-refractivity contribution in [1.82, 2.24) is 15.0 Å². The second-order valence-electron chi connectivity index (χ2n) is 9.76. The molecule has 2 fully saturated rings. The number of nitrogens with one attached hydrogen (secondary N) is 1. The maximum Gasteiger partial charge on any atom is 0.280 e. The van der Waals surface area contributed by atoms with Crippen molar-refractivity contribution in [1.29, 1.82) is 0 Å². The van der Waals surface area contributed by atoms with Crippen LogP contribution in [0.15, 0.2) is 42.7 Å². The fourth-order valence-corrected chi connectivity index (χ4v) is 4.57. The molecule has 0 saturated carbocycles. The van der Waals surface area contributed by atoms with Gasteiger partial charge in [-0.1, -0.05) is 0 Å². The van der Waals surface area contributed by atoms with Crippen molar-refractivity contribution in [3.8, 4) is 11.1 Å². The van der Waals surface area contributed by atoms with E-state index >= 15 is 0 Å². The molecule has 0 bridgehead atoms. The van der Waals surface area contributed by atoms with Gasteiger partial charge in [0.25, 0.3) is 12.3 Å². The summed E-state index contributed by atoms with van der Waals surface area (Å²) in [5.41, 5.74) is 8.60. The van der Waals surface area contributed by atoms with Gasteiger partial charge in [0.15, 0.2) is 0 Å². The van der Waals surface area contributed by atoms with E-state index in [1.165, 1.54) is 12.3 Å². The number of hydrogen-bond donors (Lipinski definition) is 2. The molecule has 2 saturated heterocycles. The van der Waals surface area contributed by atoms with Crippen LogP contribution in [0.1, 0.15) is 35.1 Å². The zero-order chi connectivity index (χ0) is 26.2. The van der Waals surface area contributed by atoms with E-state index in [9.17, 15) is 13.6 Å². The maximum absolute atomic E-state index is 13.0. The molecule has 3 aromatic heterocycles. The predicted molar refractivity (Wildman–Crippen MR) is 137 cm³/mol. The van der Waals surface area contributed by atoms with Gasteiger partial charge in [0, 0.05) is 54.7 Å². The van der Waals surface area contributed by atoms with Gasteiger partial charge < -0.3 is 25.6 Å². The van der Waals surface area contributed by atoms with Gasteiger partial charge in [0.1, 0.15) is 17.3 Å². The standard InChI is InChI=1S/C26H29F2N7O2/c1-16-20(12-19(13-31-16)32-25(36)17-3-4-30-21(9-17)24(27)28)18-10-22(34-5-7-37-8-6-34)33-23(11-18)35-14-26(2,29)15-35/h3-4,9-13,24H,5-8,14-15,29H2,1-2H3,(H,32,36). The number of hydrogen-bond acceptors (Lipinski definition) is 8. The van der Waals surface area contributed by atoms with Crippen molar-refractivity contribution in [2.24, 2.45) is 5.73 Å². The number of carbonyl (C=O) groups is 1. The zero-order valence-corrected chi connectivity index (χ0v) is 20.7. The van der Waals surface area contributed by atoms with Gasteiger partial charge in [-0.3, -0.25) is 14.8 Å². The summed E-state index contributed by atoms with van der Waals surface area (Å²) in [4.78, 5) is 30.1. The average molecular weight is 510 g/mol. The van der Waals surface area contributed by atoms with Gasteiger partial charge in [-0.05, 0) is 49.7 Å². The lowest BCUT2D eigenvalue weighted by atomic mass is 9.93. The second kappa shape index (κ2) is 9.98. The molecule has 2 aliphatic heterocycles. The number of anilines is 3. The number of aromatic nitrogens is 3. The molecule has 9 nitrogen and oxygen atoms in total. The SMILES string of the molecule is Cc1ncc(NC(=O)c2ccnc(C(F)F)c2)cc1-c1cc(N2CCOCC2)nc(N2CC(C)(N)C2)c1. The summed E-state index contributed by atoms with van der Waals surface area (Å²) in [6.07, 6.45) is -0.0135. The van der Waals surface area contributed by atoms with Gasteiger partial charge in [-0.25, -0.2) is 13.8 Å². The highest BCUT2D eigenvalue weighted by molar-refractivity contribution is 6.04. The average Bonchev–Trinajstić information content (AvgIpc) is 2.88. The molecule has 0 spiro atoms. The molecule has 0 unspecified atom stereocenters. The second-order valence-corrected chi connectivity index (χ2v) is 9.76. The van der Waals surface area contributed by atoms with Crippen molar-refractivity contribution in [3.05, 3.63) is 59.7 Å². The zero-order valence-electron chi connectivity index (χ0n) is 20.7. The Morgan fingerprint density at radius 2 is 1.81 bits per heavy atom. The van der Waals surface area contributed by atoms with E-state index in [1.54, 1.807) is 6.20 Å². The molecule has 0 aliphatic carbocycles. The number of carbonyl (C=O) groups excluding carboxylic acids is 1. The lowest BCUT2D eigenvalue weighted by Gasteiger charge is -2.46. The molecule has 37 heavy (non-hydrogen) atoms. The van der Waals surface area contributed by atoms with E-state index in [2.05, 4.69) is 25.1 Å². The van der Waals surface area contributed by atoms with Crippen molar-refractivity contribution in [3.63, 3.8) is 0 Å². The maximum atomic E-state index is 13.0. The molecule has 0 radical (unpaired) electrons. The predicted octanol–water partition coefficient (Wildman–Crippen LogP) is 3.41. The molecule has 1 amide bonds. The third-order valence-electron chi connectivity index (χ3n) is 6.48. The van der Waals surface area contributed by atoms with Crippen molar-refractivity contribution < 1.29 is 18.3 Å². The summed E-state index contributed by atoms with van der Waals surface area (Å²) >= 11 is 0. The van der Waals surface area contributed by atoms with Crippen LogP contribution in [0.4, 0.5) is 26.1 Å². The van der Waals surface area contributed by atoms with Crippen LogP contribution in [0, 0.1) is 6.92 Å². The highest BCUT2D eigenvalue weighted by Gasteiger charge is 2.36. The van der Waals surface area contributed by atoms with Crippen molar-refractivity contribution >= 4 is 23.2 Å². The number of nitrogens with zero attached hydrogens (tertiary/aromatic N) is 5. The Kier molecular flexibility index (Phi) is 6.74. The van der Waals surface area contributed by atoms with Crippen LogP contribution in [0.5, 0.6) is 0 Å². The number of aryl methyl sites for hydroxylation is 1. The first kappa shape index (κ1) is 25.0. The number of ether oxygens (including phenoxy) is 1. The molecule has 5 rings (SSSR count). The number of rotatable bonds is 6. The Hall–Kier alpha value is -3.70. The largest absolute Gasteiger partial charge is 0.378 e. The summed E-state index contributed by atoms with van der Waals surface area (Å²) in [5, 5.41) is 2.77. The van der Waals surface area contributed by atoms with Gasteiger partial charge in [-0.15, -0.1) is 0 Å². The van der Waals surface area contributed by atoms with E-state index in [-0.39, 0.29) is 11.1 Å². The molecular formula is C26H29F2N7O2. The van der Waals surface area contributed by atoms with E-state index in [0.717, 1.165) is 47.6 Å². The number of pyridine rings is 3. The summed E-state index contributed by atoms with van der Waals surface area (Å²) in [6, 6.07) is 8.34. The van der Waals surface area contributed by atoms with Crippen LogP contribution in [-0.2, 0) is 4.74 Å². The minimum Gasteiger partial charge on any atom is -0.378 e. The van der Waals surface area contributed by atoms with Crippen LogP contribution in [0.25, 0.3) is 11.1 Å². The Balaban J connectivity index is 1.46. The number of amides is 1. The third-order valence-corrected chi connectivity index (χ3v) is 6.48. The monoisotopic (exact) mass is 509 g/mol. The lowest BCUT2D eigenvalue weighted by Crippen LogP contribution is -2.65. The summed E-state index contributed by atoms with van der Waals surface area (Å²) in [5.74, 6) is 1.15. The number of alkyl halides is 2. The molecular weight excluding hydrogens is 480 g/mol. The highest BCUT2D eigenvalue weighted by atomic mass is 19.3. The number of halogens is 2. The fourth-order valence-electron chi connectivity index (χ4n) is 4.57. The van der Waals surface area contributed by atoms with Gasteiger partial charge >= 0.3 is 0 Å². The van der Waals surface area contributed by atoms with E-state index in [4.69, 9.17) is 15.5 Å². The quantitative estimate of drug-likeness (QED) is 0.520. The summed E-state index contributed by atoms with van der Waals surface area (Å²) in [7, 11) is 0. The summed E-state index contributed by atoms with van der Waals surface area (Å²) in [6.45, 7) is 8.07. The molecule has 194 valence electrons. The van der Waals surface area contributed by atoms with Crippen molar-refractivity contribution in [2.75, 3.05) is 54.5 Å². The molecule has 3 aromatic rings. The van der Waals surface area contributed by atoms with Crippen molar-refractivity contribution in [2.45, 2.75) is 25.8 Å². The lowest BCUT2D eigenvalue weighted by molar-refractivity contribution is 0.102. The van der Waals surface area contributed by atoms with Gasteiger partial charge in [0.2, 0.25) is 0 Å². The topological polar surface area (TPSA) is 110 Å². The van der Waals surface area contributed by atoms with Crippen LogP contribution >= 0.6 is 0 Å². The first-order valence-corrected chi connectivity index (χ1v) is 12.1. The molecule has 3 N–H and O–H groups in total. The Morgan fingerprint density at radius 3 is 2.49 bits per heavy atom. The van der Waals surface area contributed by atoms with E-state index < -0.39 is 18.0 Å². The van der Waals surface area contributed by atoms with Gasteiger partial charge in [-0.2, -0.15) is 0 Å². The van der Waals surface area contributed by atoms with Crippen LogP contribution in [0.2, 0.25) is 0 Å². The molecule has 11 heteroatoms. The fraction of sp³-hybridized carbons (Fsp3) is 0.385. The summed E-state index contributed by atoms with van der Waals surface area (Å²) < 4.78 is 31.6. The minimum atomic E-state index is -2.76. The third kappa shape index (κ3) is 5.52. The molecule has 0 aromatic carbocycles. The Labute approximate surface area is 213 Å². The first-order valence-electron chi connectivity index (χ1n) is 12.1. The first-order chi connectivity index (χ1) is 17.7. The number of nitrogens with two attached hydrogens (primary N) is 1. The number of morpholine rings is 1.